The highest BCUT2D eigenvalue weighted by atomic mass is 16.1. The molecule has 2 aromatic heterocycles. The zero-order chi connectivity index (χ0) is 8.55. The molecule has 4 nitrogen and oxygen atoms in total. The highest BCUT2D eigenvalue weighted by Gasteiger charge is 2.00. The second-order valence-corrected chi connectivity index (χ2v) is 2.57. The first-order valence-corrected chi connectivity index (χ1v) is 3.71. The number of pyridine rings is 1. The molecular weight excluding hydrogens is 154 g/mol. The third-order valence-electron chi connectivity index (χ3n) is 1.84. The molecule has 0 saturated heterocycles. The third-order valence-corrected chi connectivity index (χ3v) is 1.84. The molecule has 0 radical (unpaired) electrons. The topological polar surface area (TPSA) is 63.3 Å². The lowest BCUT2D eigenvalue weighted by Crippen LogP contribution is -2.14. The molecule has 2 heterocycles. The second kappa shape index (κ2) is 2.49. The quantitative estimate of drug-likeness (QED) is 0.625. The fraction of sp³-hybridized carbons (Fsp3) is 0.125. The minimum Gasteiger partial charge on any atom is -0.346 e. The minimum absolute atomic E-state index is 0.0470. The first kappa shape index (κ1) is 7.12. The summed E-state index contributed by atoms with van der Waals surface area (Å²) in [6.45, 7) is 0.365. The molecule has 0 spiro atoms. The molecule has 0 aliphatic rings. The van der Waals surface area contributed by atoms with Crippen LogP contribution in [0.2, 0.25) is 0 Å². The Hall–Kier alpha value is -1.55. The van der Waals surface area contributed by atoms with Crippen molar-refractivity contribution in [1.82, 2.24) is 9.38 Å². The highest BCUT2D eigenvalue weighted by Crippen LogP contribution is 2.00. The van der Waals surface area contributed by atoms with Gasteiger partial charge in [-0.25, -0.2) is 0 Å². The molecule has 0 bridgehead atoms. The Kier molecular flexibility index (Phi) is 1.48. The van der Waals surface area contributed by atoms with Crippen LogP contribution in [0.25, 0.3) is 5.65 Å². The van der Waals surface area contributed by atoms with Crippen LogP contribution in [0.1, 0.15) is 5.69 Å². The number of fused-ring (bicyclic) bond motifs is 1. The van der Waals surface area contributed by atoms with Crippen LogP contribution >= 0.6 is 0 Å². The Morgan fingerprint density at radius 1 is 1.50 bits per heavy atom. The molecule has 0 aliphatic carbocycles. The van der Waals surface area contributed by atoms with E-state index >= 15 is 0 Å². The Labute approximate surface area is 68.6 Å². The first-order valence-electron chi connectivity index (χ1n) is 3.71. The molecule has 4 heteroatoms. The maximum Gasteiger partial charge on any atom is 0.256 e. The van der Waals surface area contributed by atoms with Gasteiger partial charge in [-0.2, -0.15) is 0 Å². The zero-order valence-corrected chi connectivity index (χ0v) is 6.45. The van der Waals surface area contributed by atoms with Gasteiger partial charge >= 0.3 is 0 Å². The van der Waals surface area contributed by atoms with Crippen LogP contribution in [0, 0.1) is 0 Å². The van der Waals surface area contributed by atoms with Crippen molar-refractivity contribution in [2.24, 2.45) is 5.73 Å². The monoisotopic (exact) mass is 163 g/mol. The van der Waals surface area contributed by atoms with Gasteiger partial charge in [0, 0.05) is 18.8 Å². The van der Waals surface area contributed by atoms with E-state index < -0.39 is 0 Å². The maximum atomic E-state index is 11.3. The van der Waals surface area contributed by atoms with Crippen molar-refractivity contribution in [3.05, 3.63) is 40.4 Å². The summed E-state index contributed by atoms with van der Waals surface area (Å²) in [7, 11) is 0. The minimum atomic E-state index is -0.0470. The smallest absolute Gasteiger partial charge is 0.256 e. The molecule has 12 heavy (non-hydrogen) atoms. The Morgan fingerprint density at radius 3 is 3.08 bits per heavy atom. The van der Waals surface area contributed by atoms with Crippen LogP contribution in [0.3, 0.4) is 0 Å². The van der Waals surface area contributed by atoms with Gasteiger partial charge in [0.25, 0.3) is 5.56 Å². The summed E-state index contributed by atoms with van der Waals surface area (Å²) in [5.41, 5.74) is 6.98. The summed E-state index contributed by atoms with van der Waals surface area (Å²) in [6.07, 6.45) is 1.75. The number of H-pyrrole nitrogens is 1. The summed E-state index contributed by atoms with van der Waals surface area (Å²) < 4.78 is 1.57. The van der Waals surface area contributed by atoms with Crippen molar-refractivity contribution in [2.75, 3.05) is 0 Å². The average Bonchev–Trinajstić information content (AvgIpc) is 2.49. The van der Waals surface area contributed by atoms with Gasteiger partial charge in [-0.05, 0) is 6.07 Å². The average molecular weight is 163 g/mol. The highest BCUT2D eigenvalue weighted by molar-refractivity contribution is 5.39. The summed E-state index contributed by atoms with van der Waals surface area (Å²) in [5.74, 6) is 0. The number of nitrogens with zero attached hydrogens (tertiary/aromatic N) is 1. The van der Waals surface area contributed by atoms with Gasteiger partial charge in [0.2, 0.25) is 0 Å². The number of aromatic amines is 1. The molecule has 62 valence electrons. The van der Waals surface area contributed by atoms with Crippen molar-refractivity contribution < 1.29 is 0 Å². The van der Waals surface area contributed by atoms with Gasteiger partial charge in [0.05, 0.1) is 5.69 Å². The lowest BCUT2D eigenvalue weighted by atomic mass is 10.4. The molecule has 0 fully saturated rings. The van der Waals surface area contributed by atoms with Crippen molar-refractivity contribution >= 4 is 5.65 Å². The Balaban J connectivity index is 2.92. The lowest BCUT2D eigenvalue weighted by Gasteiger charge is -1.94. The van der Waals surface area contributed by atoms with Crippen molar-refractivity contribution in [2.45, 2.75) is 6.54 Å². The Morgan fingerprint density at radius 2 is 2.33 bits per heavy atom. The van der Waals surface area contributed by atoms with Crippen LogP contribution in [-0.2, 0) is 6.54 Å². The molecule has 0 aliphatic heterocycles. The number of rotatable bonds is 1. The van der Waals surface area contributed by atoms with Crippen LogP contribution < -0.4 is 11.3 Å². The van der Waals surface area contributed by atoms with Gasteiger partial charge < -0.3 is 10.7 Å². The number of nitrogens with two attached hydrogens (primary N) is 1. The molecule has 0 amide bonds. The van der Waals surface area contributed by atoms with Crippen molar-refractivity contribution in [1.29, 1.82) is 0 Å². The lowest BCUT2D eigenvalue weighted by molar-refractivity contribution is 0.936. The number of hydrogen-bond donors (Lipinski definition) is 2. The van der Waals surface area contributed by atoms with E-state index in [1.807, 2.05) is 6.07 Å². The van der Waals surface area contributed by atoms with E-state index in [9.17, 15) is 4.79 Å². The SMILES string of the molecule is NCc1c[nH]c2cccc(=O)n12. The van der Waals surface area contributed by atoms with E-state index in [4.69, 9.17) is 5.73 Å². The molecule has 3 N–H and O–H groups in total. The number of hydrogen-bond acceptors (Lipinski definition) is 2. The molecule has 2 aromatic rings. The summed E-state index contributed by atoms with van der Waals surface area (Å²) in [4.78, 5) is 14.3. The van der Waals surface area contributed by atoms with E-state index in [2.05, 4.69) is 4.98 Å². The van der Waals surface area contributed by atoms with E-state index in [1.165, 1.54) is 6.07 Å². The molecule has 0 aromatic carbocycles. The Bertz CT molecular complexity index is 455. The number of aromatic nitrogens is 2. The predicted octanol–water partition coefficient (Wildman–Crippen LogP) is 0.0863. The normalized spacial score (nSPS) is 10.8. The van der Waals surface area contributed by atoms with Gasteiger partial charge in [-0.3, -0.25) is 9.20 Å². The molecule has 2 rings (SSSR count). The largest absolute Gasteiger partial charge is 0.346 e. The van der Waals surface area contributed by atoms with Gasteiger partial charge in [0.15, 0.2) is 0 Å². The van der Waals surface area contributed by atoms with E-state index in [1.54, 1.807) is 16.7 Å². The molecule has 0 unspecified atom stereocenters. The third kappa shape index (κ3) is 0.853. The molecular formula is C8H9N3O. The van der Waals surface area contributed by atoms with Crippen LogP contribution in [0.15, 0.2) is 29.2 Å². The fourth-order valence-electron chi connectivity index (χ4n) is 1.27. The van der Waals surface area contributed by atoms with Crippen molar-refractivity contribution in [3.63, 3.8) is 0 Å². The predicted molar refractivity (Wildman–Crippen MR) is 45.9 cm³/mol. The van der Waals surface area contributed by atoms with E-state index in [0.29, 0.717) is 6.54 Å². The number of nitrogens with one attached hydrogen (secondary N) is 1. The van der Waals surface area contributed by atoms with Crippen LogP contribution in [0.4, 0.5) is 0 Å². The fourth-order valence-corrected chi connectivity index (χ4v) is 1.27. The zero-order valence-electron chi connectivity index (χ0n) is 6.45. The summed E-state index contributed by atoms with van der Waals surface area (Å²) in [6, 6.07) is 5.06. The number of imidazole rings is 1. The summed E-state index contributed by atoms with van der Waals surface area (Å²) in [5, 5.41) is 0. The van der Waals surface area contributed by atoms with Crippen molar-refractivity contribution in [3.8, 4) is 0 Å². The van der Waals surface area contributed by atoms with Crippen LogP contribution in [-0.4, -0.2) is 9.38 Å². The maximum absolute atomic E-state index is 11.3. The van der Waals surface area contributed by atoms with E-state index in [0.717, 1.165) is 11.3 Å². The van der Waals surface area contributed by atoms with Gasteiger partial charge in [-0.1, -0.05) is 6.07 Å². The summed E-state index contributed by atoms with van der Waals surface area (Å²) >= 11 is 0. The van der Waals surface area contributed by atoms with E-state index in [-0.39, 0.29) is 5.56 Å². The standard InChI is InChI=1S/C8H9N3O/c9-4-6-5-10-7-2-1-3-8(12)11(6)7/h1-3,5,10H,4,9H2. The van der Waals surface area contributed by atoms with Crippen LogP contribution in [0.5, 0.6) is 0 Å². The molecule has 0 saturated carbocycles. The second-order valence-electron chi connectivity index (χ2n) is 2.57. The molecule has 0 atom stereocenters. The van der Waals surface area contributed by atoms with Gasteiger partial charge in [-0.15, -0.1) is 0 Å². The first-order chi connectivity index (χ1) is 5.83. The van der Waals surface area contributed by atoms with Gasteiger partial charge in [0.1, 0.15) is 5.65 Å².